The van der Waals surface area contributed by atoms with E-state index in [4.69, 9.17) is 0 Å². The molecule has 33 heavy (non-hydrogen) atoms. The lowest BCUT2D eigenvalue weighted by Crippen LogP contribution is -2.53. The van der Waals surface area contributed by atoms with Gasteiger partial charge in [-0.2, -0.15) is 0 Å². The fourth-order valence-electron chi connectivity index (χ4n) is 3.79. The molecule has 0 radical (unpaired) electrons. The van der Waals surface area contributed by atoms with Crippen LogP contribution in [0.4, 0.5) is 5.69 Å². The number of amides is 2. The Morgan fingerprint density at radius 3 is 2.06 bits per heavy atom. The summed E-state index contributed by atoms with van der Waals surface area (Å²) in [6.45, 7) is 9.13. The van der Waals surface area contributed by atoms with Crippen molar-refractivity contribution in [2.45, 2.75) is 59.7 Å². The van der Waals surface area contributed by atoms with Crippen LogP contribution < -0.4 is 9.62 Å². The predicted octanol–water partition coefficient (Wildman–Crippen LogP) is 3.40. The van der Waals surface area contributed by atoms with Crippen molar-refractivity contribution in [3.8, 4) is 0 Å². The van der Waals surface area contributed by atoms with Crippen LogP contribution in [0.15, 0.2) is 48.5 Å². The molecule has 180 valence electrons. The van der Waals surface area contributed by atoms with Crippen LogP contribution in [0.1, 0.15) is 43.9 Å². The van der Waals surface area contributed by atoms with Crippen molar-refractivity contribution in [2.75, 3.05) is 17.1 Å². The number of carbonyl (C=O) groups is 2. The summed E-state index contributed by atoms with van der Waals surface area (Å²) in [4.78, 5) is 28.0. The van der Waals surface area contributed by atoms with Crippen molar-refractivity contribution in [3.63, 3.8) is 0 Å². The van der Waals surface area contributed by atoms with Crippen LogP contribution in [-0.4, -0.2) is 50.0 Å². The van der Waals surface area contributed by atoms with Gasteiger partial charge in [0.15, 0.2) is 0 Å². The van der Waals surface area contributed by atoms with Gasteiger partial charge in [0.25, 0.3) is 0 Å². The summed E-state index contributed by atoms with van der Waals surface area (Å²) in [6.07, 6.45) is 1.49. The summed E-state index contributed by atoms with van der Waals surface area (Å²) < 4.78 is 26.4. The molecule has 0 fully saturated rings. The molecular formula is C25H35N3O4S. The van der Waals surface area contributed by atoms with Gasteiger partial charge in [0.2, 0.25) is 21.8 Å². The van der Waals surface area contributed by atoms with Gasteiger partial charge < -0.3 is 10.2 Å². The first-order valence-corrected chi connectivity index (χ1v) is 13.0. The van der Waals surface area contributed by atoms with Gasteiger partial charge in [-0.1, -0.05) is 43.3 Å². The molecule has 0 saturated carbocycles. The quantitative estimate of drug-likeness (QED) is 0.573. The van der Waals surface area contributed by atoms with E-state index in [9.17, 15) is 18.0 Å². The molecule has 0 aromatic heterocycles. The zero-order valence-electron chi connectivity index (χ0n) is 20.3. The second-order valence-corrected chi connectivity index (χ2v) is 10.6. The number of nitrogens with one attached hydrogen (secondary N) is 1. The summed E-state index contributed by atoms with van der Waals surface area (Å²) in [6, 6.07) is 14.0. The van der Waals surface area contributed by atoms with Crippen LogP contribution in [-0.2, 0) is 26.2 Å². The first-order chi connectivity index (χ1) is 15.4. The highest BCUT2D eigenvalue weighted by Crippen LogP contribution is 2.22. The molecule has 1 N–H and O–H groups in total. The van der Waals surface area contributed by atoms with Crippen molar-refractivity contribution in [3.05, 3.63) is 65.2 Å². The molecule has 0 bridgehead atoms. The maximum Gasteiger partial charge on any atom is 0.244 e. The zero-order valence-corrected chi connectivity index (χ0v) is 21.1. The van der Waals surface area contributed by atoms with Crippen LogP contribution in [0.25, 0.3) is 0 Å². The number of aryl methyl sites for hydroxylation is 2. The Labute approximate surface area is 197 Å². The smallest absolute Gasteiger partial charge is 0.244 e. The molecule has 2 rings (SSSR count). The van der Waals surface area contributed by atoms with Crippen molar-refractivity contribution in [1.29, 1.82) is 0 Å². The lowest BCUT2D eigenvalue weighted by atomic mass is 10.1. The minimum atomic E-state index is -3.74. The fraction of sp³-hybridized carbons (Fsp3) is 0.440. The van der Waals surface area contributed by atoms with E-state index in [1.807, 2.05) is 71.0 Å². The molecule has 2 aromatic carbocycles. The number of sulfonamides is 1. The standard InChI is InChI=1S/C25H35N3O4S/c1-7-23(25(30)26-18(2)3)27(16-21-11-9-8-10-12-21)24(29)17-28(33(6,31)32)22-14-19(4)13-20(5)15-22/h8-15,18,23H,7,16-17H2,1-6H3,(H,26,30)/t23-/m0/s1. The van der Waals surface area contributed by atoms with Gasteiger partial charge in [-0.3, -0.25) is 13.9 Å². The highest BCUT2D eigenvalue weighted by atomic mass is 32.2. The summed E-state index contributed by atoms with van der Waals surface area (Å²) >= 11 is 0. The van der Waals surface area contributed by atoms with E-state index in [0.29, 0.717) is 12.1 Å². The van der Waals surface area contributed by atoms with Crippen LogP contribution in [0.5, 0.6) is 0 Å². The largest absolute Gasteiger partial charge is 0.352 e. The molecule has 0 aliphatic rings. The second kappa shape index (κ2) is 11.3. The molecule has 1 atom stereocenters. The van der Waals surface area contributed by atoms with Crippen molar-refractivity contribution < 1.29 is 18.0 Å². The van der Waals surface area contributed by atoms with Gasteiger partial charge >= 0.3 is 0 Å². The van der Waals surface area contributed by atoms with Crippen LogP contribution >= 0.6 is 0 Å². The Morgan fingerprint density at radius 2 is 1.58 bits per heavy atom. The van der Waals surface area contributed by atoms with Gasteiger partial charge in [0.1, 0.15) is 12.6 Å². The average molecular weight is 474 g/mol. The van der Waals surface area contributed by atoms with Gasteiger partial charge in [-0.25, -0.2) is 8.42 Å². The average Bonchev–Trinajstić information content (AvgIpc) is 2.70. The molecule has 8 heteroatoms. The first kappa shape index (κ1) is 26.4. The second-order valence-electron chi connectivity index (χ2n) is 8.71. The topological polar surface area (TPSA) is 86.8 Å². The van der Waals surface area contributed by atoms with Crippen molar-refractivity contribution in [2.24, 2.45) is 0 Å². The van der Waals surface area contributed by atoms with Gasteiger partial charge in [0, 0.05) is 12.6 Å². The molecule has 0 heterocycles. The van der Waals surface area contributed by atoms with Crippen molar-refractivity contribution >= 4 is 27.5 Å². The third-order valence-electron chi connectivity index (χ3n) is 5.19. The summed E-state index contributed by atoms with van der Waals surface area (Å²) in [5, 5.41) is 2.88. The Bertz CT molecular complexity index is 1050. The molecule has 0 aliphatic carbocycles. The molecule has 2 amide bonds. The maximum atomic E-state index is 13.6. The van der Waals surface area contributed by atoms with Crippen LogP contribution in [0.3, 0.4) is 0 Å². The number of hydrogen-bond acceptors (Lipinski definition) is 4. The van der Waals surface area contributed by atoms with E-state index in [1.54, 1.807) is 12.1 Å². The Balaban J connectivity index is 2.45. The molecule has 0 unspecified atom stereocenters. The Hall–Kier alpha value is -2.87. The van der Waals surface area contributed by atoms with Crippen LogP contribution in [0.2, 0.25) is 0 Å². The van der Waals surface area contributed by atoms with Crippen LogP contribution in [0, 0.1) is 13.8 Å². The predicted molar refractivity (Wildman–Crippen MR) is 132 cm³/mol. The minimum absolute atomic E-state index is 0.0805. The van der Waals surface area contributed by atoms with E-state index < -0.39 is 22.0 Å². The number of hydrogen-bond donors (Lipinski definition) is 1. The molecule has 7 nitrogen and oxygen atoms in total. The Kier molecular flexibility index (Phi) is 9.05. The van der Waals surface area contributed by atoms with E-state index >= 15 is 0 Å². The summed E-state index contributed by atoms with van der Waals surface area (Å²) in [7, 11) is -3.74. The third kappa shape index (κ3) is 7.60. The first-order valence-electron chi connectivity index (χ1n) is 11.1. The van der Waals surface area contributed by atoms with Crippen molar-refractivity contribution in [1.82, 2.24) is 10.2 Å². The van der Waals surface area contributed by atoms with E-state index in [2.05, 4.69) is 5.32 Å². The minimum Gasteiger partial charge on any atom is -0.352 e. The lowest BCUT2D eigenvalue weighted by Gasteiger charge is -2.33. The third-order valence-corrected chi connectivity index (χ3v) is 6.33. The molecule has 0 spiro atoms. The van der Waals surface area contributed by atoms with Gasteiger partial charge in [-0.05, 0) is 62.9 Å². The highest BCUT2D eigenvalue weighted by molar-refractivity contribution is 7.92. The molecular weight excluding hydrogens is 438 g/mol. The summed E-state index contributed by atoms with van der Waals surface area (Å²) in [5.74, 6) is -0.691. The summed E-state index contributed by atoms with van der Waals surface area (Å²) in [5.41, 5.74) is 3.09. The fourth-order valence-corrected chi connectivity index (χ4v) is 4.62. The number of anilines is 1. The molecule has 0 aliphatic heterocycles. The van der Waals surface area contributed by atoms with E-state index in [1.165, 1.54) is 4.90 Å². The molecule has 0 saturated heterocycles. The number of nitrogens with zero attached hydrogens (tertiary/aromatic N) is 2. The SMILES string of the molecule is CC[C@@H](C(=O)NC(C)C)N(Cc1ccccc1)C(=O)CN(c1cc(C)cc(C)c1)S(C)(=O)=O. The Morgan fingerprint density at radius 1 is 1.00 bits per heavy atom. The molecule has 2 aromatic rings. The lowest BCUT2D eigenvalue weighted by molar-refractivity contribution is -0.140. The van der Waals surface area contributed by atoms with E-state index in [-0.39, 0.29) is 25.0 Å². The number of benzene rings is 2. The monoisotopic (exact) mass is 473 g/mol. The number of rotatable bonds is 10. The highest BCUT2D eigenvalue weighted by Gasteiger charge is 2.32. The van der Waals surface area contributed by atoms with Gasteiger partial charge in [0.05, 0.1) is 11.9 Å². The zero-order chi connectivity index (χ0) is 24.8. The normalized spacial score (nSPS) is 12.3. The van der Waals surface area contributed by atoms with E-state index in [0.717, 1.165) is 27.3 Å². The number of carbonyl (C=O) groups excluding carboxylic acids is 2. The van der Waals surface area contributed by atoms with Gasteiger partial charge in [-0.15, -0.1) is 0 Å². The maximum absolute atomic E-state index is 13.6.